The van der Waals surface area contributed by atoms with Crippen molar-refractivity contribution in [3.63, 3.8) is 0 Å². The Kier molecular flexibility index (Phi) is 5.51. The minimum absolute atomic E-state index is 0.0557. The van der Waals surface area contributed by atoms with Crippen molar-refractivity contribution in [2.24, 2.45) is 0 Å². The molecular formula is C19H22ClN3O. The van der Waals surface area contributed by atoms with Gasteiger partial charge in [0, 0.05) is 49.9 Å². The summed E-state index contributed by atoms with van der Waals surface area (Å²) in [6.45, 7) is 3.57. The fourth-order valence-corrected chi connectivity index (χ4v) is 3.44. The lowest BCUT2D eigenvalue weighted by molar-refractivity contribution is 0.0962. The lowest BCUT2D eigenvalue weighted by Gasteiger charge is -2.37. The molecule has 0 aromatic heterocycles. The van der Waals surface area contributed by atoms with Crippen LogP contribution in [-0.2, 0) is 6.54 Å². The zero-order chi connectivity index (χ0) is 16.9. The average Bonchev–Trinajstić information content (AvgIpc) is 2.62. The summed E-state index contributed by atoms with van der Waals surface area (Å²) < 4.78 is 0. The van der Waals surface area contributed by atoms with Crippen molar-refractivity contribution >= 4 is 17.5 Å². The van der Waals surface area contributed by atoms with E-state index in [0.717, 1.165) is 42.3 Å². The van der Waals surface area contributed by atoms with Gasteiger partial charge in [-0.25, -0.2) is 0 Å². The fourth-order valence-electron chi connectivity index (χ4n) is 3.18. The van der Waals surface area contributed by atoms with Crippen molar-refractivity contribution in [2.45, 2.75) is 12.6 Å². The molecule has 1 aliphatic heterocycles. The van der Waals surface area contributed by atoms with E-state index in [1.807, 2.05) is 36.4 Å². The highest BCUT2D eigenvalue weighted by atomic mass is 35.5. The van der Waals surface area contributed by atoms with E-state index in [9.17, 15) is 4.79 Å². The Morgan fingerprint density at radius 1 is 1.29 bits per heavy atom. The third-order valence-electron chi connectivity index (χ3n) is 4.42. The summed E-state index contributed by atoms with van der Waals surface area (Å²) in [5, 5.41) is 6.93. The van der Waals surface area contributed by atoms with Gasteiger partial charge in [0.15, 0.2) is 0 Å². The molecule has 1 unspecified atom stereocenters. The van der Waals surface area contributed by atoms with Gasteiger partial charge in [0.1, 0.15) is 0 Å². The van der Waals surface area contributed by atoms with Gasteiger partial charge in [0.2, 0.25) is 0 Å². The molecule has 4 nitrogen and oxygen atoms in total. The first-order chi connectivity index (χ1) is 11.7. The second-order valence-corrected chi connectivity index (χ2v) is 6.40. The minimum Gasteiger partial charge on any atom is -0.355 e. The van der Waals surface area contributed by atoms with Crippen molar-refractivity contribution < 1.29 is 4.79 Å². The summed E-state index contributed by atoms with van der Waals surface area (Å²) in [5.74, 6) is -0.0557. The summed E-state index contributed by atoms with van der Waals surface area (Å²) in [6.07, 6.45) is 0. The van der Waals surface area contributed by atoms with E-state index in [-0.39, 0.29) is 11.9 Å². The summed E-state index contributed by atoms with van der Waals surface area (Å²) in [7, 11) is 1.65. The summed E-state index contributed by atoms with van der Waals surface area (Å²) in [5.41, 5.74) is 2.98. The second kappa shape index (κ2) is 7.79. The minimum atomic E-state index is -0.0557. The molecule has 1 amide bonds. The highest BCUT2D eigenvalue weighted by Gasteiger charge is 2.25. The Balaban J connectivity index is 1.82. The number of benzene rings is 2. The number of carbonyl (C=O) groups is 1. The van der Waals surface area contributed by atoms with Gasteiger partial charge >= 0.3 is 0 Å². The Hall–Kier alpha value is -1.88. The molecule has 0 saturated carbocycles. The van der Waals surface area contributed by atoms with E-state index in [1.54, 1.807) is 7.05 Å². The van der Waals surface area contributed by atoms with Crippen LogP contribution in [0.5, 0.6) is 0 Å². The topological polar surface area (TPSA) is 44.4 Å². The Morgan fingerprint density at radius 3 is 2.92 bits per heavy atom. The van der Waals surface area contributed by atoms with Crippen LogP contribution in [0.25, 0.3) is 0 Å². The third kappa shape index (κ3) is 3.78. The molecule has 5 heteroatoms. The van der Waals surface area contributed by atoms with Crippen molar-refractivity contribution in [3.05, 3.63) is 70.2 Å². The average molecular weight is 344 g/mol. The van der Waals surface area contributed by atoms with Crippen molar-refractivity contribution in [1.29, 1.82) is 0 Å². The van der Waals surface area contributed by atoms with Crippen molar-refractivity contribution in [2.75, 3.05) is 26.7 Å². The van der Waals surface area contributed by atoms with E-state index in [4.69, 9.17) is 11.6 Å². The normalized spacial score (nSPS) is 18.3. The molecule has 1 atom stereocenters. The molecule has 0 radical (unpaired) electrons. The van der Waals surface area contributed by atoms with Crippen LogP contribution in [0.2, 0.25) is 5.02 Å². The smallest absolute Gasteiger partial charge is 0.251 e. The number of hydrogen-bond acceptors (Lipinski definition) is 3. The molecule has 1 fully saturated rings. The van der Waals surface area contributed by atoms with E-state index >= 15 is 0 Å². The van der Waals surface area contributed by atoms with Crippen LogP contribution in [0.15, 0.2) is 48.5 Å². The Morgan fingerprint density at radius 2 is 2.12 bits per heavy atom. The molecule has 2 aromatic rings. The van der Waals surface area contributed by atoms with Gasteiger partial charge in [-0.3, -0.25) is 9.69 Å². The Bertz CT molecular complexity index is 719. The monoisotopic (exact) mass is 343 g/mol. The van der Waals surface area contributed by atoms with Crippen LogP contribution in [0.1, 0.15) is 27.5 Å². The van der Waals surface area contributed by atoms with Crippen molar-refractivity contribution in [1.82, 2.24) is 15.5 Å². The number of nitrogens with one attached hydrogen (secondary N) is 2. The predicted molar refractivity (Wildman–Crippen MR) is 97.3 cm³/mol. The van der Waals surface area contributed by atoms with Gasteiger partial charge in [0.25, 0.3) is 5.91 Å². The van der Waals surface area contributed by atoms with Crippen LogP contribution in [0.3, 0.4) is 0 Å². The summed E-state index contributed by atoms with van der Waals surface area (Å²) >= 11 is 6.40. The molecule has 1 heterocycles. The van der Waals surface area contributed by atoms with Gasteiger partial charge in [-0.2, -0.15) is 0 Å². The first-order valence-corrected chi connectivity index (χ1v) is 8.57. The van der Waals surface area contributed by atoms with E-state index in [1.165, 1.54) is 0 Å². The lowest BCUT2D eigenvalue weighted by Crippen LogP contribution is -2.45. The SMILES string of the molecule is CNC(=O)c1cccc(CN2CCNCC2c2ccccc2Cl)c1. The largest absolute Gasteiger partial charge is 0.355 e. The van der Waals surface area contributed by atoms with Gasteiger partial charge in [-0.05, 0) is 29.3 Å². The van der Waals surface area contributed by atoms with E-state index in [2.05, 4.69) is 27.7 Å². The highest BCUT2D eigenvalue weighted by Crippen LogP contribution is 2.29. The number of carbonyl (C=O) groups excluding carboxylic acids is 1. The fraction of sp³-hybridized carbons (Fsp3) is 0.316. The zero-order valence-corrected chi connectivity index (χ0v) is 14.5. The number of halogens is 1. The van der Waals surface area contributed by atoms with Crippen LogP contribution in [-0.4, -0.2) is 37.5 Å². The van der Waals surface area contributed by atoms with Gasteiger partial charge in [-0.15, -0.1) is 0 Å². The summed E-state index contributed by atoms with van der Waals surface area (Å²) in [4.78, 5) is 14.3. The van der Waals surface area contributed by atoms with Crippen molar-refractivity contribution in [3.8, 4) is 0 Å². The molecule has 24 heavy (non-hydrogen) atoms. The standard InChI is InChI=1S/C19H22ClN3O/c1-21-19(24)15-6-4-5-14(11-15)13-23-10-9-22-12-18(23)16-7-2-3-8-17(16)20/h2-8,11,18,22H,9-10,12-13H2,1H3,(H,21,24). The Labute approximate surface area is 147 Å². The molecular weight excluding hydrogens is 322 g/mol. The molecule has 0 bridgehead atoms. The molecule has 0 aliphatic carbocycles. The number of amides is 1. The van der Waals surface area contributed by atoms with E-state index < -0.39 is 0 Å². The third-order valence-corrected chi connectivity index (χ3v) is 4.76. The van der Waals surface area contributed by atoms with Gasteiger partial charge < -0.3 is 10.6 Å². The van der Waals surface area contributed by atoms with Crippen LogP contribution in [0.4, 0.5) is 0 Å². The highest BCUT2D eigenvalue weighted by molar-refractivity contribution is 6.31. The molecule has 2 N–H and O–H groups in total. The lowest BCUT2D eigenvalue weighted by atomic mass is 10.0. The van der Waals surface area contributed by atoms with Gasteiger partial charge in [-0.1, -0.05) is 41.9 Å². The zero-order valence-electron chi connectivity index (χ0n) is 13.8. The number of rotatable bonds is 4. The molecule has 0 spiro atoms. The molecule has 126 valence electrons. The molecule has 1 saturated heterocycles. The maximum atomic E-state index is 11.8. The van der Waals surface area contributed by atoms with Crippen LogP contribution in [0, 0.1) is 0 Å². The first kappa shape index (κ1) is 17.0. The maximum Gasteiger partial charge on any atom is 0.251 e. The number of nitrogens with zero attached hydrogens (tertiary/aromatic N) is 1. The summed E-state index contributed by atoms with van der Waals surface area (Å²) in [6, 6.07) is 16.1. The number of hydrogen-bond donors (Lipinski definition) is 2. The number of piperazine rings is 1. The predicted octanol–water partition coefficient (Wildman–Crippen LogP) is 2.85. The quantitative estimate of drug-likeness (QED) is 0.897. The molecule has 2 aromatic carbocycles. The second-order valence-electron chi connectivity index (χ2n) is 5.99. The maximum absolute atomic E-state index is 11.8. The van der Waals surface area contributed by atoms with Gasteiger partial charge in [0.05, 0.1) is 0 Å². The van der Waals surface area contributed by atoms with Crippen LogP contribution < -0.4 is 10.6 Å². The molecule has 1 aliphatic rings. The first-order valence-electron chi connectivity index (χ1n) is 8.19. The van der Waals surface area contributed by atoms with E-state index in [0.29, 0.717) is 5.56 Å². The van der Waals surface area contributed by atoms with Crippen LogP contribution >= 0.6 is 11.6 Å². The molecule has 3 rings (SSSR count).